The van der Waals surface area contributed by atoms with Crippen molar-refractivity contribution < 1.29 is 0 Å². The Hall–Kier alpha value is -4.32. The van der Waals surface area contributed by atoms with E-state index in [4.69, 9.17) is 5.73 Å². The summed E-state index contributed by atoms with van der Waals surface area (Å²) in [4.78, 5) is 15.6. The second-order valence-corrected chi connectivity index (χ2v) is 9.74. The average Bonchev–Trinajstić information content (AvgIpc) is 3.25. The van der Waals surface area contributed by atoms with Crippen LogP contribution in [0.2, 0.25) is 0 Å². The van der Waals surface area contributed by atoms with Gasteiger partial charge in [-0.15, -0.1) is 0 Å². The Morgan fingerprint density at radius 1 is 0.912 bits per heavy atom. The molecule has 3 aromatic rings. The van der Waals surface area contributed by atoms with Crippen molar-refractivity contribution in [3.63, 3.8) is 0 Å². The van der Waals surface area contributed by atoms with Crippen LogP contribution >= 0.6 is 11.3 Å². The van der Waals surface area contributed by atoms with Crippen molar-refractivity contribution >= 4 is 17.2 Å². The number of nitriles is 3. The number of fused-ring (bicyclic) bond motifs is 2. The van der Waals surface area contributed by atoms with E-state index in [-0.39, 0.29) is 10.7 Å². The Morgan fingerprint density at radius 2 is 1.44 bits per heavy atom. The molecule has 1 fully saturated rings. The number of nitrogens with zero attached hydrogens (tertiary/aromatic N) is 3. The van der Waals surface area contributed by atoms with Gasteiger partial charge in [0, 0.05) is 17.3 Å². The number of allylic oxidation sites excluding steroid dienone is 1. The number of hydrogen-bond acceptors (Lipinski definition) is 7. The van der Waals surface area contributed by atoms with Crippen LogP contribution in [0.15, 0.2) is 76.9 Å². The van der Waals surface area contributed by atoms with Crippen LogP contribution in [0.1, 0.15) is 40.7 Å². The summed E-state index contributed by atoms with van der Waals surface area (Å²) in [6, 6.07) is 26.0. The highest BCUT2D eigenvalue weighted by atomic mass is 32.1. The number of nitrogens with one attached hydrogen (secondary N) is 2. The monoisotopic (exact) mass is 464 g/mol. The van der Waals surface area contributed by atoms with Crippen LogP contribution in [0.25, 0.3) is 0 Å². The molecule has 1 saturated carbocycles. The molecule has 1 aliphatic heterocycles. The number of anilines is 1. The minimum atomic E-state index is -1.38. The zero-order valence-electron chi connectivity index (χ0n) is 18.1. The van der Waals surface area contributed by atoms with Crippen molar-refractivity contribution in [2.24, 2.45) is 11.1 Å². The molecule has 34 heavy (non-hydrogen) atoms. The van der Waals surface area contributed by atoms with Crippen LogP contribution in [-0.2, 0) is 5.41 Å². The van der Waals surface area contributed by atoms with E-state index in [1.54, 1.807) is 0 Å². The standard InChI is InChI=1S/C26H20N6OS/c27-13-20-22(30)31-23-21(34-24(33)32-23)25(20)11-18(16-7-3-1-4-8-16)26(14-28,15-29)19(12-25)17-9-5-2-6-10-17/h1-10,18-19,31H,11-12,30H2,(H,32,33). The molecular weight excluding hydrogens is 444 g/mol. The molecule has 0 amide bonds. The van der Waals surface area contributed by atoms with E-state index in [1.807, 2.05) is 60.7 Å². The first-order chi connectivity index (χ1) is 16.5. The van der Waals surface area contributed by atoms with Gasteiger partial charge in [-0.1, -0.05) is 72.0 Å². The molecule has 2 aliphatic rings. The van der Waals surface area contributed by atoms with E-state index in [0.29, 0.717) is 29.1 Å². The first kappa shape index (κ1) is 21.5. The van der Waals surface area contributed by atoms with Gasteiger partial charge in [0.2, 0.25) is 0 Å². The highest BCUT2D eigenvalue weighted by Gasteiger charge is 2.61. The van der Waals surface area contributed by atoms with Gasteiger partial charge in [0.25, 0.3) is 0 Å². The predicted molar refractivity (Wildman–Crippen MR) is 128 cm³/mol. The number of rotatable bonds is 2. The van der Waals surface area contributed by atoms with E-state index >= 15 is 0 Å². The summed E-state index contributed by atoms with van der Waals surface area (Å²) < 4.78 is 0. The van der Waals surface area contributed by atoms with Gasteiger partial charge in [-0.05, 0) is 24.0 Å². The van der Waals surface area contributed by atoms with Crippen LogP contribution in [-0.4, -0.2) is 4.98 Å². The number of H-pyrrole nitrogens is 1. The van der Waals surface area contributed by atoms with Gasteiger partial charge in [0.15, 0.2) is 5.41 Å². The van der Waals surface area contributed by atoms with Gasteiger partial charge in [-0.2, -0.15) is 15.8 Å². The van der Waals surface area contributed by atoms with E-state index in [0.717, 1.165) is 22.5 Å². The number of thiazole rings is 1. The highest BCUT2D eigenvalue weighted by molar-refractivity contribution is 7.10. The lowest BCUT2D eigenvalue weighted by atomic mass is 9.49. The van der Waals surface area contributed by atoms with Crippen LogP contribution in [0.3, 0.4) is 0 Å². The van der Waals surface area contributed by atoms with Gasteiger partial charge >= 0.3 is 4.87 Å². The molecular formula is C26H20N6OS. The van der Waals surface area contributed by atoms with E-state index in [2.05, 4.69) is 28.5 Å². The van der Waals surface area contributed by atoms with Crippen molar-refractivity contribution in [1.29, 1.82) is 15.8 Å². The molecule has 2 unspecified atom stereocenters. The molecule has 2 aromatic carbocycles. The number of benzene rings is 2. The average molecular weight is 465 g/mol. The molecule has 0 bridgehead atoms. The minimum Gasteiger partial charge on any atom is -0.384 e. The predicted octanol–water partition coefficient (Wildman–Crippen LogP) is 4.19. The normalized spacial score (nSPS) is 24.9. The van der Waals surface area contributed by atoms with E-state index in [1.165, 1.54) is 0 Å². The topological polar surface area (TPSA) is 142 Å². The molecule has 0 radical (unpaired) electrons. The van der Waals surface area contributed by atoms with E-state index < -0.39 is 22.7 Å². The Balaban J connectivity index is 1.84. The number of aromatic nitrogens is 1. The van der Waals surface area contributed by atoms with Crippen molar-refractivity contribution in [1.82, 2.24) is 4.98 Å². The van der Waals surface area contributed by atoms with Crippen molar-refractivity contribution in [2.45, 2.75) is 30.1 Å². The Kier molecular flexibility index (Phi) is 5.01. The van der Waals surface area contributed by atoms with Crippen LogP contribution < -0.4 is 15.9 Å². The summed E-state index contributed by atoms with van der Waals surface area (Å²) in [6.45, 7) is 0. The molecule has 8 heteroatoms. The first-order valence-electron chi connectivity index (χ1n) is 10.8. The fourth-order valence-corrected chi connectivity index (χ4v) is 6.70. The van der Waals surface area contributed by atoms with Gasteiger partial charge in [0.05, 0.1) is 28.7 Å². The lowest BCUT2D eigenvalue weighted by Crippen LogP contribution is -2.49. The zero-order chi connectivity index (χ0) is 23.9. The molecule has 2 atom stereocenters. The van der Waals surface area contributed by atoms with Crippen molar-refractivity contribution in [3.05, 3.63) is 97.7 Å². The zero-order valence-corrected chi connectivity index (χ0v) is 18.9. The Labute approximate surface area is 200 Å². The lowest BCUT2D eigenvalue weighted by molar-refractivity contribution is 0.180. The number of aromatic amines is 1. The van der Waals surface area contributed by atoms with Gasteiger partial charge in [-0.25, -0.2) is 0 Å². The Morgan fingerprint density at radius 3 is 1.91 bits per heavy atom. The molecule has 0 saturated heterocycles. The van der Waals surface area contributed by atoms with Crippen molar-refractivity contribution in [3.8, 4) is 18.2 Å². The Bertz CT molecular complexity index is 1400. The molecule has 2 heterocycles. The third kappa shape index (κ3) is 2.95. The fourth-order valence-electron chi connectivity index (χ4n) is 5.69. The smallest absolute Gasteiger partial charge is 0.306 e. The molecule has 7 nitrogen and oxygen atoms in total. The summed E-state index contributed by atoms with van der Waals surface area (Å²) in [5.74, 6) is -0.389. The summed E-state index contributed by atoms with van der Waals surface area (Å²) in [5.41, 5.74) is 6.02. The minimum absolute atomic E-state index is 0.184. The number of nitrogens with two attached hydrogens (primary N) is 1. The van der Waals surface area contributed by atoms with Crippen LogP contribution in [0.4, 0.5) is 5.82 Å². The fraction of sp³-hybridized carbons (Fsp3) is 0.231. The largest absolute Gasteiger partial charge is 0.384 e. The lowest BCUT2D eigenvalue weighted by Gasteiger charge is -2.51. The molecule has 1 aromatic heterocycles. The first-order valence-corrected chi connectivity index (χ1v) is 11.6. The molecule has 1 aliphatic carbocycles. The SMILES string of the molecule is N#CC1=C(N)Nc2[nH]c(=O)sc2C12CC(c1ccccc1)C(C#N)(C#N)C(c1ccccc1)C2. The molecule has 166 valence electrons. The highest BCUT2D eigenvalue weighted by Crippen LogP contribution is 2.64. The van der Waals surface area contributed by atoms with Crippen LogP contribution in [0.5, 0.6) is 0 Å². The van der Waals surface area contributed by atoms with Crippen molar-refractivity contribution in [2.75, 3.05) is 5.32 Å². The molecule has 5 rings (SSSR count). The summed E-state index contributed by atoms with van der Waals surface area (Å²) in [5, 5.41) is 34.3. The molecule has 4 N–H and O–H groups in total. The summed E-state index contributed by atoms with van der Waals surface area (Å²) >= 11 is 1.05. The number of hydrogen-bond donors (Lipinski definition) is 3. The maximum Gasteiger partial charge on any atom is 0.306 e. The molecule has 1 spiro atoms. The van der Waals surface area contributed by atoms with Gasteiger partial charge in [-0.3, -0.25) is 9.78 Å². The summed E-state index contributed by atoms with van der Waals surface area (Å²) in [6.07, 6.45) is 0.598. The maximum atomic E-state index is 12.4. The quantitative estimate of drug-likeness (QED) is 0.519. The third-order valence-electron chi connectivity index (χ3n) is 7.18. The summed E-state index contributed by atoms with van der Waals surface area (Å²) in [7, 11) is 0. The van der Waals surface area contributed by atoms with Gasteiger partial charge < -0.3 is 11.1 Å². The van der Waals surface area contributed by atoms with Crippen LogP contribution in [0, 0.1) is 39.4 Å². The van der Waals surface area contributed by atoms with Gasteiger partial charge in [0.1, 0.15) is 11.6 Å². The third-order valence-corrected chi connectivity index (χ3v) is 8.27. The second-order valence-electron chi connectivity index (χ2n) is 8.75. The maximum absolute atomic E-state index is 12.4. The van der Waals surface area contributed by atoms with E-state index in [9.17, 15) is 20.6 Å². The second kappa shape index (κ2) is 7.92.